The second-order valence-electron chi connectivity index (χ2n) is 2.97. The summed E-state index contributed by atoms with van der Waals surface area (Å²) >= 11 is 5.55. The molecule has 0 saturated carbocycles. The van der Waals surface area contributed by atoms with Crippen LogP contribution in [0, 0.1) is 5.82 Å². The molecule has 1 aromatic carbocycles. The minimum absolute atomic E-state index is 0.0109. The molecule has 0 radical (unpaired) electrons. The first-order chi connectivity index (χ1) is 6.94. The maximum atomic E-state index is 12.8. The summed E-state index contributed by atoms with van der Waals surface area (Å²) in [7, 11) is -3.23. The Balaban J connectivity index is 2.71. The van der Waals surface area contributed by atoms with Crippen molar-refractivity contribution in [2.24, 2.45) is 0 Å². The molecule has 0 aromatic heterocycles. The zero-order valence-electron chi connectivity index (χ0n) is 8.13. The van der Waals surface area contributed by atoms with Crippen LogP contribution in [0.4, 0.5) is 4.39 Å². The zero-order valence-corrected chi connectivity index (χ0v) is 9.70. The normalized spacial score (nSPS) is 11.7. The Labute approximate surface area is 93.3 Å². The first-order valence-electron chi connectivity index (χ1n) is 4.36. The number of hydrogen-bond acceptors (Lipinski definition) is 2. The molecule has 0 fully saturated rings. The van der Waals surface area contributed by atoms with Gasteiger partial charge in [0.1, 0.15) is 5.82 Å². The van der Waals surface area contributed by atoms with Crippen molar-refractivity contribution < 1.29 is 12.8 Å². The van der Waals surface area contributed by atoms with Crippen LogP contribution in [0.3, 0.4) is 0 Å². The lowest BCUT2D eigenvalue weighted by Gasteiger charge is -2.05. The standard InChI is InChI=1S/C9H11ClFNO2S/c1-2-15(13,14)12-6-7-3-4-9(11)8(10)5-7/h3-5,12H,2,6H2,1H3. The maximum absolute atomic E-state index is 12.8. The largest absolute Gasteiger partial charge is 0.212 e. The van der Waals surface area contributed by atoms with Gasteiger partial charge in [0.25, 0.3) is 0 Å². The van der Waals surface area contributed by atoms with Gasteiger partial charge in [-0.3, -0.25) is 0 Å². The summed E-state index contributed by atoms with van der Waals surface area (Å²) in [6.45, 7) is 1.66. The molecular weight excluding hydrogens is 241 g/mol. The van der Waals surface area contributed by atoms with Crippen LogP contribution >= 0.6 is 11.6 Å². The maximum Gasteiger partial charge on any atom is 0.211 e. The first kappa shape index (κ1) is 12.4. The van der Waals surface area contributed by atoms with E-state index in [4.69, 9.17) is 11.6 Å². The van der Waals surface area contributed by atoms with Crippen molar-refractivity contribution in [3.05, 3.63) is 34.6 Å². The monoisotopic (exact) mass is 251 g/mol. The molecule has 3 nitrogen and oxygen atoms in total. The fourth-order valence-electron chi connectivity index (χ4n) is 0.945. The average molecular weight is 252 g/mol. The summed E-state index contributed by atoms with van der Waals surface area (Å²) in [5.74, 6) is -0.499. The summed E-state index contributed by atoms with van der Waals surface area (Å²) in [5, 5.41) is -0.0109. The zero-order chi connectivity index (χ0) is 11.5. The number of nitrogens with one attached hydrogen (secondary N) is 1. The van der Waals surface area contributed by atoms with Gasteiger partial charge < -0.3 is 0 Å². The number of rotatable bonds is 4. The number of hydrogen-bond donors (Lipinski definition) is 1. The Morgan fingerprint density at radius 2 is 2.13 bits per heavy atom. The van der Waals surface area contributed by atoms with E-state index in [0.717, 1.165) is 0 Å². The van der Waals surface area contributed by atoms with Crippen molar-refractivity contribution >= 4 is 21.6 Å². The summed E-state index contributed by atoms with van der Waals surface area (Å²) in [6, 6.07) is 4.09. The summed E-state index contributed by atoms with van der Waals surface area (Å²) < 4.78 is 37.3. The van der Waals surface area contributed by atoms with E-state index in [2.05, 4.69) is 4.72 Å². The van der Waals surface area contributed by atoms with Crippen molar-refractivity contribution in [3.63, 3.8) is 0 Å². The quantitative estimate of drug-likeness (QED) is 0.889. The Morgan fingerprint density at radius 3 is 2.67 bits per heavy atom. The molecule has 1 rings (SSSR count). The van der Waals surface area contributed by atoms with Gasteiger partial charge in [0.05, 0.1) is 10.8 Å². The van der Waals surface area contributed by atoms with Gasteiger partial charge in [0.2, 0.25) is 10.0 Å². The molecule has 0 unspecified atom stereocenters. The molecule has 0 amide bonds. The summed E-state index contributed by atoms with van der Waals surface area (Å²) in [6.07, 6.45) is 0. The number of halogens is 2. The predicted octanol–water partition coefficient (Wildman–Crippen LogP) is 1.92. The van der Waals surface area contributed by atoms with Gasteiger partial charge in [0, 0.05) is 6.54 Å². The van der Waals surface area contributed by atoms with Gasteiger partial charge >= 0.3 is 0 Å². The molecule has 0 aliphatic heterocycles. The summed E-state index contributed by atoms with van der Waals surface area (Å²) in [4.78, 5) is 0. The fraction of sp³-hybridized carbons (Fsp3) is 0.333. The van der Waals surface area contributed by atoms with Gasteiger partial charge in [-0.25, -0.2) is 17.5 Å². The van der Waals surface area contributed by atoms with Crippen LogP contribution in [0.5, 0.6) is 0 Å². The number of benzene rings is 1. The van der Waals surface area contributed by atoms with E-state index < -0.39 is 15.8 Å². The molecular formula is C9H11ClFNO2S. The van der Waals surface area contributed by atoms with E-state index in [1.807, 2.05) is 0 Å². The van der Waals surface area contributed by atoms with E-state index >= 15 is 0 Å². The van der Waals surface area contributed by atoms with E-state index in [1.54, 1.807) is 6.92 Å². The molecule has 0 bridgehead atoms. The highest BCUT2D eigenvalue weighted by Crippen LogP contribution is 2.15. The Morgan fingerprint density at radius 1 is 1.47 bits per heavy atom. The van der Waals surface area contributed by atoms with E-state index in [0.29, 0.717) is 5.56 Å². The Bertz CT molecular complexity index is 447. The molecule has 0 saturated heterocycles. The molecule has 84 valence electrons. The van der Waals surface area contributed by atoms with Crippen LogP contribution in [0.15, 0.2) is 18.2 Å². The lowest BCUT2D eigenvalue weighted by atomic mass is 10.2. The van der Waals surface area contributed by atoms with Crippen LogP contribution in [0.25, 0.3) is 0 Å². The number of sulfonamides is 1. The highest BCUT2D eigenvalue weighted by Gasteiger charge is 2.07. The fourth-order valence-corrected chi connectivity index (χ4v) is 1.74. The second-order valence-corrected chi connectivity index (χ2v) is 5.48. The highest BCUT2D eigenvalue weighted by atomic mass is 35.5. The Hall–Kier alpha value is -0.650. The van der Waals surface area contributed by atoms with Gasteiger partial charge in [-0.15, -0.1) is 0 Å². The average Bonchev–Trinajstić information content (AvgIpc) is 2.20. The van der Waals surface area contributed by atoms with E-state index in [1.165, 1.54) is 18.2 Å². The van der Waals surface area contributed by atoms with Crippen LogP contribution in [-0.2, 0) is 16.6 Å². The highest BCUT2D eigenvalue weighted by molar-refractivity contribution is 7.89. The molecule has 0 heterocycles. The molecule has 1 N–H and O–H groups in total. The van der Waals surface area contributed by atoms with Crippen LogP contribution in [0.2, 0.25) is 5.02 Å². The van der Waals surface area contributed by atoms with E-state index in [-0.39, 0.29) is 17.3 Å². The third kappa shape index (κ3) is 3.77. The minimum atomic E-state index is -3.23. The van der Waals surface area contributed by atoms with Gasteiger partial charge in [0.15, 0.2) is 0 Å². The van der Waals surface area contributed by atoms with Crippen molar-refractivity contribution in [2.75, 3.05) is 5.75 Å². The minimum Gasteiger partial charge on any atom is -0.212 e. The van der Waals surface area contributed by atoms with Gasteiger partial charge in [-0.05, 0) is 24.6 Å². The third-order valence-corrected chi connectivity index (χ3v) is 3.49. The molecule has 0 aliphatic rings. The van der Waals surface area contributed by atoms with Crippen molar-refractivity contribution in [3.8, 4) is 0 Å². The molecule has 0 spiro atoms. The molecule has 15 heavy (non-hydrogen) atoms. The third-order valence-electron chi connectivity index (χ3n) is 1.86. The molecule has 6 heteroatoms. The van der Waals surface area contributed by atoms with Crippen molar-refractivity contribution in [2.45, 2.75) is 13.5 Å². The SMILES string of the molecule is CCS(=O)(=O)NCc1ccc(F)c(Cl)c1. The molecule has 1 aromatic rings. The molecule has 0 atom stereocenters. The topological polar surface area (TPSA) is 46.2 Å². The van der Waals surface area contributed by atoms with Gasteiger partial charge in [-0.2, -0.15) is 0 Å². The predicted molar refractivity (Wildman–Crippen MR) is 57.7 cm³/mol. The first-order valence-corrected chi connectivity index (χ1v) is 6.39. The Kier molecular flexibility index (Phi) is 4.07. The second kappa shape index (κ2) is 4.92. The lowest BCUT2D eigenvalue weighted by molar-refractivity contribution is 0.582. The lowest BCUT2D eigenvalue weighted by Crippen LogP contribution is -2.24. The van der Waals surface area contributed by atoms with E-state index in [9.17, 15) is 12.8 Å². The summed E-state index contributed by atoms with van der Waals surface area (Å²) in [5.41, 5.74) is 0.624. The van der Waals surface area contributed by atoms with Crippen LogP contribution in [-0.4, -0.2) is 14.2 Å². The molecule has 0 aliphatic carbocycles. The van der Waals surface area contributed by atoms with Gasteiger partial charge in [-0.1, -0.05) is 17.7 Å². The van der Waals surface area contributed by atoms with Crippen molar-refractivity contribution in [1.82, 2.24) is 4.72 Å². The van der Waals surface area contributed by atoms with Crippen molar-refractivity contribution in [1.29, 1.82) is 0 Å². The van der Waals surface area contributed by atoms with Crippen LogP contribution < -0.4 is 4.72 Å². The van der Waals surface area contributed by atoms with Crippen LogP contribution in [0.1, 0.15) is 12.5 Å². The smallest absolute Gasteiger partial charge is 0.211 e.